The number of nitrogens with one attached hydrogen (secondary N) is 1. The summed E-state index contributed by atoms with van der Waals surface area (Å²) in [5.41, 5.74) is 0. The Morgan fingerprint density at radius 1 is 1.17 bits per heavy atom. The van der Waals surface area contributed by atoms with E-state index >= 15 is 0 Å². The quantitative estimate of drug-likeness (QED) is 0.759. The summed E-state index contributed by atoms with van der Waals surface area (Å²) in [5.74, 6) is 0.470. The van der Waals surface area contributed by atoms with Crippen LogP contribution in [0, 0.1) is 17.8 Å². The lowest BCUT2D eigenvalue weighted by Crippen LogP contribution is -2.49. The molecule has 0 bridgehead atoms. The van der Waals surface area contributed by atoms with Crippen molar-refractivity contribution in [3.8, 4) is 0 Å². The first-order valence-corrected chi connectivity index (χ1v) is 9.94. The third-order valence-corrected chi connectivity index (χ3v) is 5.93. The smallest absolute Gasteiger partial charge is 0.306 e. The lowest BCUT2D eigenvalue weighted by Gasteiger charge is -2.31. The van der Waals surface area contributed by atoms with Gasteiger partial charge in [-0.15, -0.1) is 11.8 Å². The van der Waals surface area contributed by atoms with Crippen molar-refractivity contribution in [2.24, 2.45) is 17.8 Å². The molecule has 0 aromatic rings. The molecule has 1 saturated carbocycles. The first kappa shape index (κ1) is 19.1. The van der Waals surface area contributed by atoms with Crippen molar-refractivity contribution in [3.63, 3.8) is 0 Å². The topological polar surface area (TPSA) is 86.7 Å². The fraction of sp³-hybridized carbons (Fsp3) is 0.824. The second-order valence-corrected chi connectivity index (χ2v) is 8.18. The maximum atomic E-state index is 12.8. The summed E-state index contributed by atoms with van der Waals surface area (Å²) in [7, 11) is 0. The number of aliphatic carboxylic acids is 1. The van der Waals surface area contributed by atoms with Crippen molar-refractivity contribution >= 4 is 29.5 Å². The Labute approximate surface area is 147 Å². The highest BCUT2D eigenvalue weighted by molar-refractivity contribution is 7.99. The van der Waals surface area contributed by atoms with E-state index in [0.29, 0.717) is 49.8 Å². The van der Waals surface area contributed by atoms with E-state index in [9.17, 15) is 14.4 Å². The second kappa shape index (κ2) is 8.74. The number of carboxylic acid groups (broad SMARTS) is 1. The molecule has 2 N–H and O–H groups in total. The largest absolute Gasteiger partial charge is 0.481 e. The molecule has 1 aliphatic heterocycles. The zero-order valence-corrected chi connectivity index (χ0v) is 15.3. The highest BCUT2D eigenvalue weighted by atomic mass is 32.2. The van der Waals surface area contributed by atoms with E-state index < -0.39 is 5.97 Å². The summed E-state index contributed by atoms with van der Waals surface area (Å²) in [6, 6.07) is -0.383. The fourth-order valence-corrected chi connectivity index (χ4v) is 4.46. The Morgan fingerprint density at radius 2 is 1.79 bits per heavy atom. The van der Waals surface area contributed by atoms with Crippen LogP contribution in [0.3, 0.4) is 0 Å². The number of rotatable bonds is 6. The molecule has 6 nitrogen and oxygen atoms in total. The van der Waals surface area contributed by atoms with Gasteiger partial charge in [0.25, 0.3) is 0 Å². The molecule has 0 aromatic carbocycles. The molecular weight excluding hydrogens is 328 g/mol. The van der Waals surface area contributed by atoms with Gasteiger partial charge in [0.15, 0.2) is 0 Å². The number of amides is 2. The van der Waals surface area contributed by atoms with Crippen LogP contribution in [0.5, 0.6) is 0 Å². The Hall–Kier alpha value is -1.24. The first-order chi connectivity index (χ1) is 11.4. The summed E-state index contributed by atoms with van der Waals surface area (Å²) < 4.78 is 0. The van der Waals surface area contributed by atoms with Gasteiger partial charge in [0.1, 0.15) is 6.04 Å². The van der Waals surface area contributed by atoms with Crippen molar-refractivity contribution < 1.29 is 19.5 Å². The molecule has 136 valence electrons. The molecule has 1 heterocycles. The number of carbonyl (C=O) groups excluding carboxylic acids is 2. The van der Waals surface area contributed by atoms with Gasteiger partial charge in [-0.3, -0.25) is 14.4 Å². The summed E-state index contributed by atoms with van der Waals surface area (Å²) in [6.07, 6.45) is 3.26. The van der Waals surface area contributed by atoms with Crippen LogP contribution in [0.25, 0.3) is 0 Å². The third kappa shape index (κ3) is 4.88. The summed E-state index contributed by atoms with van der Waals surface area (Å²) in [4.78, 5) is 37.8. The van der Waals surface area contributed by atoms with Gasteiger partial charge in [-0.2, -0.15) is 0 Å². The van der Waals surface area contributed by atoms with Gasteiger partial charge in [-0.05, 0) is 38.0 Å². The van der Waals surface area contributed by atoms with Crippen LogP contribution in [-0.2, 0) is 14.4 Å². The minimum absolute atomic E-state index is 0.0212. The van der Waals surface area contributed by atoms with Crippen LogP contribution >= 0.6 is 11.8 Å². The van der Waals surface area contributed by atoms with Gasteiger partial charge in [0.2, 0.25) is 11.8 Å². The minimum atomic E-state index is -0.764. The number of hydrogen-bond donors (Lipinski definition) is 2. The van der Waals surface area contributed by atoms with Crippen molar-refractivity contribution in [2.45, 2.75) is 52.0 Å². The molecule has 1 atom stereocenters. The molecule has 1 unspecified atom stereocenters. The van der Waals surface area contributed by atoms with E-state index in [1.165, 1.54) is 0 Å². The third-order valence-electron chi connectivity index (χ3n) is 4.91. The van der Waals surface area contributed by atoms with Crippen LogP contribution in [0.4, 0.5) is 0 Å². The van der Waals surface area contributed by atoms with Crippen molar-refractivity contribution in [3.05, 3.63) is 0 Å². The van der Waals surface area contributed by atoms with E-state index in [-0.39, 0.29) is 29.7 Å². The van der Waals surface area contributed by atoms with Crippen LogP contribution in [0.1, 0.15) is 46.0 Å². The van der Waals surface area contributed by atoms with E-state index in [1.807, 2.05) is 0 Å². The highest BCUT2D eigenvalue weighted by Gasteiger charge is 2.39. The average Bonchev–Trinajstić information content (AvgIpc) is 3.03. The lowest BCUT2D eigenvalue weighted by atomic mass is 9.81. The molecule has 2 aliphatic rings. The second-order valence-electron chi connectivity index (χ2n) is 7.18. The Balaban J connectivity index is 1.86. The van der Waals surface area contributed by atoms with Gasteiger partial charge in [0.05, 0.1) is 11.8 Å². The minimum Gasteiger partial charge on any atom is -0.481 e. The Morgan fingerprint density at radius 3 is 2.38 bits per heavy atom. The number of carbonyl (C=O) groups is 3. The van der Waals surface area contributed by atoms with Gasteiger partial charge >= 0.3 is 5.97 Å². The number of hydrogen-bond acceptors (Lipinski definition) is 4. The van der Waals surface area contributed by atoms with Crippen molar-refractivity contribution in [1.29, 1.82) is 0 Å². The zero-order chi connectivity index (χ0) is 17.7. The Bertz CT molecular complexity index is 475. The van der Waals surface area contributed by atoms with Crippen molar-refractivity contribution in [1.82, 2.24) is 10.2 Å². The molecule has 1 aliphatic carbocycles. The van der Waals surface area contributed by atoms with Gasteiger partial charge in [0, 0.05) is 18.2 Å². The standard InChI is InChI=1S/C17H28N2O4S/c1-11(2)7-8-18-15(20)14-9-24-10-19(14)16(21)12-3-5-13(6-4-12)17(22)23/h11-14H,3-10H2,1-2H3,(H,18,20)(H,22,23). The van der Waals surface area contributed by atoms with E-state index in [0.717, 1.165) is 6.42 Å². The molecule has 2 fully saturated rings. The normalized spacial score (nSPS) is 27.3. The van der Waals surface area contributed by atoms with Crippen LogP contribution in [0.2, 0.25) is 0 Å². The summed E-state index contributed by atoms with van der Waals surface area (Å²) in [5, 5.41) is 12.0. The number of carboxylic acids is 1. The predicted molar refractivity (Wildman–Crippen MR) is 93.5 cm³/mol. The predicted octanol–water partition coefficient (Wildman–Crippen LogP) is 1.94. The SMILES string of the molecule is CC(C)CCNC(=O)C1CSCN1C(=O)C1CCC(C(=O)O)CC1. The molecule has 0 aromatic heterocycles. The molecule has 24 heavy (non-hydrogen) atoms. The molecule has 0 spiro atoms. The molecule has 2 amide bonds. The molecular formula is C17H28N2O4S. The summed E-state index contributed by atoms with van der Waals surface area (Å²) >= 11 is 1.61. The maximum absolute atomic E-state index is 12.8. The van der Waals surface area contributed by atoms with Crippen LogP contribution < -0.4 is 5.32 Å². The summed E-state index contributed by atoms with van der Waals surface area (Å²) in [6.45, 7) is 4.87. The Kier molecular flexibility index (Phi) is 6.95. The van der Waals surface area contributed by atoms with E-state index in [4.69, 9.17) is 5.11 Å². The van der Waals surface area contributed by atoms with Gasteiger partial charge in [-0.1, -0.05) is 13.8 Å². The van der Waals surface area contributed by atoms with Crippen LogP contribution in [-0.4, -0.2) is 52.0 Å². The monoisotopic (exact) mass is 356 g/mol. The lowest BCUT2D eigenvalue weighted by molar-refractivity contribution is -0.146. The van der Waals surface area contributed by atoms with Crippen molar-refractivity contribution in [2.75, 3.05) is 18.2 Å². The van der Waals surface area contributed by atoms with Gasteiger partial charge < -0.3 is 15.3 Å². The molecule has 0 radical (unpaired) electrons. The first-order valence-electron chi connectivity index (χ1n) is 8.79. The van der Waals surface area contributed by atoms with E-state index in [2.05, 4.69) is 19.2 Å². The van der Waals surface area contributed by atoms with Gasteiger partial charge in [-0.25, -0.2) is 0 Å². The highest BCUT2D eigenvalue weighted by Crippen LogP contribution is 2.32. The average molecular weight is 356 g/mol. The maximum Gasteiger partial charge on any atom is 0.306 e. The number of nitrogens with zero attached hydrogens (tertiary/aromatic N) is 1. The number of thioether (sulfide) groups is 1. The fourth-order valence-electron chi connectivity index (χ4n) is 3.30. The molecule has 7 heteroatoms. The van der Waals surface area contributed by atoms with E-state index in [1.54, 1.807) is 16.7 Å². The molecule has 2 rings (SSSR count). The molecule has 1 saturated heterocycles. The zero-order valence-electron chi connectivity index (χ0n) is 14.5. The van der Waals surface area contributed by atoms with Crippen LogP contribution in [0.15, 0.2) is 0 Å².